The summed E-state index contributed by atoms with van der Waals surface area (Å²) in [7, 11) is 0. The topological polar surface area (TPSA) is 64.0 Å². The molecule has 0 saturated heterocycles. The zero-order valence-corrected chi connectivity index (χ0v) is 15.0. The molecule has 0 fully saturated rings. The van der Waals surface area contributed by atoms with E-state index in [0.29, 0.717) is 5.16 Å². The summed E-state index contributed by atoms with van der Waals surface area (Å²) < 4.78 is 1.49. The summed E-state index contributed by atoms with van der Waals surface area (Å²) in [5.74, 6) is -0.213. The zero-order chi connectivity index (χ0) is 17.3. The second kappa shape index (κ2) is 6.81. The Labute approximate surface area is 145 Å². The molecule has 1 heterocycles. The molecule has 24 heavy (non-hydrogen) atoms. The number of amides is 1. The smallest absolute Gasteiger partial charge is 0.258 e. The molecule has 0 aliphatic heterocycles. The van der Waals surface area contributed by atoms with Crippen LogP contribution in [0.5, 0.6) is 0 Å². The second-order valence-electron chi connectivity index (χ2n) is 6.12. The number of aryl methyl sites for hydroxylation is 3. The first-order valence-corrected chi connectivity index (χ1v) is 9.25. The number of hydrogen-bond acceptors (Lipinski definition) is 4. The molecule has 126 valence electrons. The molecule has 1 aliphatic carbocycles. The van der Waals surface area contributed by atoms with Crippen LogP contribution >= 0.6 is 11.8 Å². The van der Waals surface area contributed by atoms with Gasteiger partial charge < -0.3 is 5.32 Å². The third kappa shape index (κ3) is 3.24. The van der Waals surface area contributed by atoms with Gasteiger partial charge in [-0.1, -0.05) is 17.8 Å². The van der Waals surface area contributed by atoms with Crippen molar-refractivity contribution in [1.29, 1.82) is 0 Å². The van der Waals surface area contributed by atoms with Crippen LogP contribution < -0.4 is 10.9 Å². The molecule has 3 rings (SSSR count). The van der Waals surface area contributed by atoms with Crippen LogP contribution in [-0.2, 0) is 24.2 Å². The Kier molecular flexibility index (Phi) is 4.76. The number of carbonyl (C=O) groups is 1. The van der Waals surface area contributed by atoms with Gasteiger partial charge in [0.05, 0.1) is 5.69 Å². The first-order valence-electron chi connectivity index (χ1n) is 8.03. The minimum atomic E-state index is -0.213. The summed E-state index contributed by atoms with van der Waals surface area (Å²) in [5, 5.41) is 3.48. The van der Waals surface area contributed by atoms with Gasteiger partial charge in [-0.2, -0.15) is 0 Å². The molecule has 2 aromatic rings. The van der Waals surface area contributed by atoms with Crippen LogP contribution in [0.4, 0.5) is 5.69 Å². The molecule has 0 saturated carbocycles. The SMILES string of the molecule is CSc1nc2c(c(=O)n1CC(=O)Nc1ccc(C)c(C)c1)CCC2. The molecule has 0 unspecified atom stereocenters. The van der Waals surface area contributed by atoms with E-state index in [0.717, 1.165) is 41.8 Å². The van der Waals surface area contributed by atoms with Crippen molar-refractivity contribution in [1.82, 2.24) is 9.55 Å². The largest absolute Gasteiger partial charge is 0.325 e. The highest BCUT2D eigenvalue weighted by Gasteiger charge is 2.21. The third-order valence-electron chi connectivity index (χ3n) is 4.43. The number of aromatic nitrogens is 2. The highest BCUT2D eigenvalue weighted by molar-refractivity contribution is 7.98. The van der Waals surface area contributed by atoms with Crippen LogP contribution in [0.25, 0.3) is 0 Å². The van der Waals surface area contributed by atoms with E-state index in [4.69, 9.17) is 0 Å². The molecule has 6 heteroatoms. The fourth-order valence-electron chi connectivity index (χ4n) is 2.97. The summed E-state index contributed by atoms with van der Waals surface area (Å²) in [6.45, 7) is 4.02. The maximum absolute atomic E-state index is 12.7. The summed E-state index contributed by atoms with van der Waals surface area (Å²) in [4.78, 5) is 29.6. The fraction of sp³-hybridized carbons (Fsp3) is 0.389. The third-order valence-corrected chi connectivity index (χ3v) is 5.11. The van der Waals surface area contributed by atoms with Crippen LogP contribution in [0.15, 0.2) is 28.2 Å². The monoisotopic (exact) mass is 343 g/mol. The molecule has 1 N–H and O–H groups in total. The minimum Gasteiger partial charge on any atom is -0.325 e. The standard InChI is InChI=1S/C18H21N3O2S/c1-11-7-8-13(9-12(11)2)19-16(22)10-21-17(23)14-5-4-6-15(14)20-18(21)24-3/h7-9H,4-6,10H2,1-3H3,(H,19,22). The summed E-state index contributed by atoms with van der Waals surface area (Å²) in [5.41, 5.74) is 4.64. The van der Waals surface area contributed by atoms with Gasteiger partial charge in [0.1, 0.15) is 6.54 Å². The lowest BCUT2D eigenvalue weighted by Gasteiger charge is -2.13. The van der Waals surface area contributed by atoms with Crippen molar-refractivity contribution in [2.24, 2.45) is 0 Å². The second-order valence-corrected chi connectivity index (χ2v) is 6.89. The molecule has 1 aromatic heterocycles. The van der Waals surface area contributed by atoms with E-state index < -0.39 is 0 Å². The van der Waals surface area contributed by atoms with E-state index in [1.165, 1.54) is 21.9 Å². The van der Waals surface area contributed by atoms with Gasteiger partial charge in [0, 0.05) is 11.3 Å². The number of thioether (sulfide) groups is 1. The van der Waals surface area contributed by atoms with Gasteiger partial charge in [-0.3, -0.25) is 14.2 Å². The lowest BCUT2D eigenvalue weighted by Crippen LogP contribution is -2.32. The van der Waals surface area contributed by atoms with E-state index in [1.807, 2.05) is 38.3 Å². The number of nitrogens with zero attached hydrogens (tertiary/aromatic N) is 2. The van der Waals surface area contributed by atoms with Crippen molar-refractivity contribution in [2.45, 2.75) is 44.8 Å². The van der Waals surface area contributed by atoms with Gasteiger partial charge in [-0.25, -0.2) is 4.98 Å². The predicted octanol–water partition coefficient (Wildman–Crippen LogP) is 2.71. The molecule has 0 spiro atoms. The highest BCUT2D eigenvalue weighted by atomic mass is 32.2. The number of anilines is 1. The molecular weight excluding hydrogens is 322 g/mol. The Balaban J connectivity index is 1.84. The van der Waals surface area contributed by atoms with Gasteiger partial charge in [0.2, 0.25) is 5.91 Å². The Hall–Kier alpha value is -2.08. The van der Waals surface area contributed by atoms with Crippen molar-refractivity contribution in [3.8, 4) is 0 Å². The van der Waals surface area contributed by atoms with Gasteiger partial charge in [-0.05, 0) is 62.6 Å². The van der Waals surface area contributed by atoms with E-state index in [-0.39, 0.29) is 18.0 Å². The maximum atomic E-state index is 12.7. The first kappa shape index (κ1) is 16.8. The predicted molar refractivity (Wildman–Crippen MR) is 96.8 cm³/mol. The van der Waals surface area contributed by atoms with Crippen LogP contribution in [0.3, 0.4) is 0 Å². The zero-order valence-electron chi connectivity index (χ0n) is 14.2. The molecule has 1 aromatic carbocycles. The maximum Gasteiger partial charge on any atom is 0.258 e. The Morgan fingerprint density at radius 1 is 1.29 bits per heavy atom. The quantitative estimate of drug-likeness (QED) is 0.685. The number of fused-ring (bicyclic) bond motifs is 1. The normalized spacial score (nSPS) is 13.0. The Bertz CT molecular complexity index is 858. The van der Waals surface area contributed by atoms with Crippen LogP contribution in [0.2, 0.25) is 0 Å². The molecule has 5 nitrogen and oxygen atoms in total. The van der Waals surface area contributed by atoms with E-state index in [2.05, 4.69) is 10.3 Å². The molecular formula is C18H21N3O2S. The van der Waals surface area contributed by atoms with Crippen molar-refractivity contribution < 1.29 is 4.79 Å². The van der Waals surface area contributed by atoms with Gasteiger partial charge in [-0.15, -0.1) is 0 Å². The number of nitrogens with one attached hydrogen (secondary N) is 1. The lowest BCUT2D eigenvalue weighted by atomic mass is 10.1. The van der Waals surface area contributed by atoms with Crippen molar-refractivity contribution in [2.75, 3.05) is 11.6 Å². The average molecular weight is 343 g/mol. The molecule has 0 atom stereocenters. The summed E-state index contributed by atoms with van der Waals surface area (Å²) in [6.07, 6.45) is 4.45. The van der Waals surface area contributed by atoms with Crippen LogP contribution in [-0.4, -0.2) is 21.7 Å². The Morgan fingerprint density at radius 2 is 2.08 bits per heavy atom. The molecule has 1 aliphatic rings. The van der Waals surface area contributed by atoms with E-state index in [1.54, 1.807) is 0 Å². The summed E-state index contributed by atoms with van der Waals surface area (Å²) in [6, 6.07) is 5.78. The highest BCUT2D eigenvalue weighted by Crippen LogP contribution is 2.20. The lowest BCUT2D eigenvalue weighted by molar-refractivity contribution is -0.116. The number of hydrogen-bond donors (Lipinski definition) is 1. The minimum absolute atomic E-state index is 0.0117. The van der Waals surface area contributed by atoms with Gasteiger partial charge in [0.25, 0.3) is 5.56 Å². The average Bonchev–Trinajstić information content (AvgIpc) is 3.02. The van der Waals surface area contributed by atoms with Gasteiger partial charge in [0.15, 0.2) is 5.16 Å². The fourth-order valence-corrected chi connectivity index (χ4v) is 3.54. The first-order chi connectivity index (χ1) is 11.5. The van der Waals surface area contributed by atoms with Crippen LogP contribution in [0.1, 0.15) is 28.8 Å². The molecule has 1 amide bonds. The van der Waals surface area contributed by atoms with Crippen LogP contribution in [0, 0.1) is 13.8 Å². The van der Waals surface area contributed by atoms with Gasteiger partial charge >= 0.3 is 0 Å². The number of carbonyl (C=O) groups excluding carboxylic acids is 1. The Morgan fingerprint density at radius 3 is 2.79 bits per heavy atom. The van der Waals surface area contributed by atoms with Crippen molar-refractivity contribution in [3.63, 3.8) is 0 Å². The number of benzene rings is 1. The van der Waals surface area contributed by atoms with Crippen molar-refractivity contribution in [3.05, 3.63) is 50.9 Å². The van der Waals surface area contributed by atoms with E-state index >= 15 is 0 Å². The molecule has 0 bridgehead atoms. The van der Waals surface area contributed by atoms with Crippen molar-refractivity contribution >= 4 is 23.4 Å². The summed E-state index contributed by atoms with van der Waals surface area (Å²) >= 11 is 1.40. The molecule has 0 radical (unpaired) electrons. The number of rotatable bonds is 4. The van der Waals surface area contributed by atoms with E-state index in [9.17, 15) is 9.59 Å².